The number of benzene rings is 1. The Morgan fingerprint density at radius 1 is 1.29 bits per heavy atom. The van der Waals surface area contributed by atoms with Crippen molar-refractivity contribution in [1.82, 2.24) is 10.6 Å². The van der Waals surface area contributed by atoms with Crippen molar-refractivity contribution in [3.8, 4) is 0 Å². The van der Waals surface area contributed by atoms with Gasteiger partial charge in [0, 0.05) is 28.1 Å². The summed E-state index contributed by atoms with van der Waals surface area (Å²) in [5, 5.41) is 6.93. The molecule has 0 fully saturated rings. The first-order valence-corrected chi connectivity index (χ1v) is 7.60. The summed E-state index contributed by atoms with van der Waals surface area (Å²) in [6.07, 6.45) is 1.18. The highest BCUT2D eigenvalue weighted by molar-refractivity contribution is 9.11. The fourth-order valence-corrected chi connectivity index (χ4v) is 2.33. The van der Waals surface area contributed by atoms with E-state index < -0.39 is 0 Å². The van der Waals surface area contributed by atoms with Crippen molar-refractivity contribution in [3.05, 3.63) is 32.7 Å². The summed E-state index contributed by atoms with van der Waals surface area (Å²) in [5.74, 6) is 0. The van der Waals surface area contributed by atoms with E-state index >= 15 is 0 Å². The molecule has 0 aliphatic rings. The molecule has 0 spiro atoms. The molecule has 1 rings (SSSR count). The molecule has 0 aliphatic heterocycles. The van der Waals surface area contributed by atoms with Crippen molar-refractivity contribution in [3.63, 3.8) is 0 Å². The number of rotatable bonds is 7. The number of hydrogen-bond donors (Lipinski definition) is 2. The number of hydrogen-bond acceptors (Lipinski definition) is 2. The Labute approximate surface area is 121 Å². The fraction of sp³-hybridized carbons (Fsp3) is 0.538. The van der Waals surface area contributed by atoms with E-state index in [1.54, 1.807) is 0 Å². The highest BCUT2D eigenvalue weighted by atomic mass is 79.9. The van der Waals surface area contributed by atoms with Gasteiger partial charge in [-0.05, 0) is 43.7 Å². The van der Waals surface area contributed by atoms with Gasteiger partial charge in [-0.3, -0.25) is 0 Å². The fourth-order valence-electron chi connectivity index (χ4n) is 1.53. The number of nitrogens with one attached hydrogen (secondary N) is 2. The molecule has 0 heterocycles. The molecule has 1 aromatic rings. The average molecular weight is 364 g/mol. The maximum atomic E-state index is 3.57. The van der Waals surface area contributed by atoms with Gasteiger partial charge in [0.1, 0.15) is 0 Å². The lowest BCUT2D eigenvalue weighted by molar-refractivity contribution is 0.501. The lowest BCUT2D eigenvalue weighted by Gasteiger charge is -2.15. The molecular formula is C13H20Br2N2. The van der Waals surface area contributed by atoms with Crippen molar-refractivity contribution in [1.29, 1.82) is 0 Å². The highest BCUT2D eigenvalue weighted by Gasteiger charge is 2.04. The van der Waals surface area contributed by atoms with E-state index in [0.717, 1.165) is 28.6 Å². The van der Waals surface area contributed by atoms with Crippen LogP contribution in [0, 0.1) is 0 Å². The van der Waals surface area contributed by atoms with Crippen LogP contribution in [0.5, 0.6) is 0 Å². The topological polar surface area (TPSA) is 24.1 Å². The summed E-state index contributed by atoms with van der Waals surface area (Å²) < 4.78 is 2.27. The van der Waals surface area contributed by atoms with Gasteiger partial charge in [0.2, 0.25) is 0 Å². The summed E-state index contributed by atoms with van der Waals surface area (Å²) in [6.45, 7) is 7.37. The Morgan fingerprint density at radius 2 is 2.06 bits per heavy atom. The first kappa shape index (κ1) is 15.2. The molecule has 4 heteroatoms. The quantitative estimate of drug-likeness (QED) is 0.722. The van der Waals surface area contributed by atoms with Gasteiger partial charge >= 0.3 is 0 Å². The van der Waals surface area contributed by atoms with E-state index in [1.165, 1.54) is 12.0 Å². The van der Waals surface area contributed by atoms with Crippen LogP contribution in [0.25, 0.3) is 0 Å². The molecule has 1 atom stereocenters. The minimum absolute atomic E-state index is 0.479. The van der Waals surface area contributed by atoms with Gasteiger partial charge in [-0.15, -0.1) is 0 Å². The summed E-state index contributed by atoms with van der Waals surface area (Å²) in [4.78, 5) is 0. The minimum atomic E-state index is 0.479. The third-order valence-corrected chi connectivity index (χ3v) is 3.79. The van der Waals surface area contributed by atoms with Gasteiger partial charge in [-0.25, -0.2) is 0 Å². The molecule has 2 nitrogen and oxygen atoms in total. The smallest absolute Gasteiger partial charge is 0.0221 e. The molecule has 0 radical (unpaired) electrons. The Bertz CT molecular complexity index is 342. The van der Waals surface area contributed by atoms with Crippen LogP contribution >= 0.6 is 31.9 Å². The van der Waals surface area contributed by atoms with Gasteiger partial charge in [0.05, 0.1) is 0 Å². The van der Waals surface area contributed by atoms with Crippen LogP contribution in [0.2, 0.25) is 0 Å². The molecule has 0 aliphatic carbocycles. The summed E-state index contributed by atoms with van der Waals surface area (Å²) >= 11 is 7.06. The van der Waals surface area contributed by atoms with Crippen molar-refractivity contribution < 1.29 is 0 Å². The second kappa shape index (κ2) is 8.25. The lowest BCUT2D eigenvalue weighted by atomic mass is 10.2. The van der Waals surface area contributed by atoms with Crippen LogP contribution in [0.1, 0.15) is 25.8 Å². The van der Waals surface area contributed by atoms with E-state index in [-0.39, 0.29) is 0 Å². The predicted molar refractivity (Wildman–Crippen MR) is 81.3 cm³/mol. The molecular weight excluding hydrogens is 344 g/mol. The first-order chi connectivity index (χ1) is 8.13. The van der Waals surface area contributed by atoms with Crippen LogP contribution in [0.3, 0.4) is 0 Å². The third-order valence-electron chi connectivity index (χ3n) is 2.53. The van der Waals surface area contributed by atoms with Crippen molar-refractivity contribution in [2.24, 2.45) is 0 Å². The molecule has 0 amide bonds. The van der Waals surface area contributed by atoms with Crippen LogP contribution < -0.4 is 10.6 Å². The van der Waals surface area contributed by atoms with Gasteiger partial charge in [-0.2, -0.15) is 0 Å². The van der Waals surface area contributed by atoms with E-state index in [1.807, 2.05) is 6.07 Å². The first-order valence-electron chi connectivity index (χ1n) is 6.01. The second-order valence-corrected chi connectivity index (χ2v) is 5.99. The summed E-state index contributed by atoms with van der Waals surface area (Å²) in [7, 11) is 0. The monoisotopic (exact) mass is 362 g/mol. The molecule has 0 saturated carbocycles. The zero-order chi connectivity index (χ0) is 12.7. The predicted octanol–water partition coefficient (Wildman–Crippen LogP) is 3.69. The second-order valence-electron chi connectivity index (χ2n) is 4.22. The maximum Gasteiger partial charge on any atom is 0.0221 e. The minimum Gasteiger partial charge on any atom is -0.315 e. The molecule has 2 N–H and O–H groups in total. The zero-order valence-corrected chi connectivity index (χ0v) is 13.6. The van der Waals surface area contributed by atoms with Crippen LogP contribution in [0.15, 0.2) is 27.1 Å². The van der Waals surface area contributed by atoms with Crippen molar-refractivity contribution >= 4 is 31.9 Å². The molecule has 0 bridgehead atoms. The lowest BCUT2D eigenvalue weighted by Crippen LogP contribution is -2.36. The van der Waals surface area contributed by atoms with Gasteiger partial charge in [-0.1, -0.05) is 38.8 Å². The Kier molecular flexibility index (Phi) is 7.35. The SMILES string of the molecule is CCCNCC(C)NCc1cc(Br)ccc1Br. The molecule has 1 unspecified atom stereocenters. The Balaban J connectivity index is 2.36. The van der Waals surface area contributed by atoms with Crippen LogP contribution in [-0.2, 0) is 6.54 Å². The van der Waals surface area contributed by atoms with Crippen molar-refractivity contribution in [2.45, 2.75) is 32.9 Å². The van der Waals surface area contributed by atoms with Crippen molar-refractivity contribution in [2.75, 3.05) is 13.1 Å². The van der Waals surface area contributed by atoms with E-state index in [0.29, 0.717) is 6.04 Å². The summed E-state index contributed by atoms with van der Waals surface area (Å²) in [6, 6.07) is 6.73. The third kappa shape index (κ3) is 6.00. The van der Waals surface area contributed by atoms with E-state index in [2.05, 4.69) is 68.5 Å². The largest absolute Gasteiger partial charge is 0.315 e. The standard InChI is InChI=1S/C13H20Br2N2/c1-3-6-16-8-10(2)17-9-11-7-12(14)4-5-13(11)15/h4-5,7,10,16-17H,3,6,8-9H2,1-2H3. The highest BCUT2D eigenvalue weighted by Crippen LogP contribution is 2.21. The normalized spacial score (nSPS) is 12.7. The molecule has 17 heavy (non-hydrogen) atoms. The molecule has 0 saturated heterocycles. The Morgan fingerprint density at radius 3 is 2.76 bits per heavy atom. The molecule has 1 aromatic carbocycles. The van der Waals surface area contributed by atoms with E-state index in [4.69, 9.17) is 0 Å². The molecule has 96 valence electrons. The van der Waals surface area contributed by atoms with Crippen LogP contribution in [-0.4, -0.2) is 19.1 Å². The van der Waals surface area contributed by atoms with Crippen LogP contribution in [0.4, 0.5) is 0 Å². The molecule has 0 aromatic heterocycles. The van der Waals surface area contributed by atoms with Gasteiger partial charge < -0.3 is 10.6 Å². The maximum absolute atomic E-state index is 3.57. The zero-order valence-electron chi connectivity index (χ0n) is 10.4. The average Bonchev–Trinajstić information content (AvgIpc) is 2.31. The van der Waals surface area contributed by atoms with E-state index in [9.17, 15) is 0 Å². The van der Waals surface area contributed by atoms with Gasteiger partial charge in [0.15, 0.2) is 0 Å². The number of halogens is 2. The summed E-state index contributed by atoms with van der Waals surface area (Å²) in [5.41, 5.74) is 1.28. The Hall–Kier alpha value is 0.1000. The van der Waals surface area contributed by atoms with Gasteiger partial charge in [0.25, 0.3) is 0 Å².